The number of halogens is 6. The Labute approximate surface area is 173 Å². The molecule has 0 unspecified atom stereocenters. The van der Waals surface area contributed by atoms with Crippen LogP contribution in [0.4, 0.5) is 36.8 Å². The molecular weight excluding hydrogens is 428 g/mol. The number of benzene rings is 1. The first-order valence-electron chi connectivity index (χ1n) is 9.41. The van der Waals surface area contributed by atoms with Crippen molar-refractivity contribution >= 4 is 11.7 Å². The smallest absolute Gasteiger partial charge is 0.396 e. The molecule has 2 aromatic rings. The third-order valence-corrected chi connectivity index (χ3v) is 5.09. The summed E-state index contributed by atoms with van der Waals surface area (Å²) < 4.78 is 81.1. The Kier molecular flexibility index (Phi) is 6.44. The number of alkyl halides is 4. The van der Waals surface area contributed by atoms with Gasteiger partial charge in [0.15, 0.2) is 5.67 Å². The number of urea groups is 1. The Balaban J connectivity index is 1.64. The summed E-state index contributed by atoms with van der Waals surface area (Å²) in [5.74, 6) is -2.37. The molecule has 5 nitrogen and oxygen atoms in total. The fraction of sp³-hybridized carbons (Fsp3) is 0.400. The minimum Gasteiger partial charge on any atom is -0.396 e. The average Bonchev–Trinajstić information content (AvgIpc) is 2.67. The molecule has 31 heavy (non-hydrogen) atoms. The molecule has 2 amide bonds. The lowest BCUT2D eigenvalue weighted by Crippen LogP contribution is -2.45. The van der Waals surface area contributed by atoms with E-state index < -0.39 is 35.1 Å². The van der Waals surface area contributed by atoms with Crippen LogP contribution in [-0.4, -0.2) is 40.7 Å². The number of likely N-dealkylation sites (tertiary alicyclic amines) is 1. The molecule has 1 saturated heterocycles. The number of aliphatic hydroxyl groups excluding tert-OH is 1. The third kappa shape index (κ3) is 5.09. The van der Waals surface area contributed by atoms with Gasteiger partial charge >= 0.3 is 12.2 Å². The van der Waals surface area contributed by atoms with Crippen molar-refractivity contribution in [3.8, 4) is 0 Å². The number of amides is 2. The molecule has 1 aliphatic heterocycles. The number of aliphatic hydroxyl groups is 1. The van der Waals surface area contributed by atoms with Crippen molar-refractivity contribution in [2.24, 2.45) is 0 Å². The van der Waals surface area contributed by atoms with Crippen LogP contribution in [0.5, 0.6) is 0 Å². The molecule has 0 atom stereocenters. The number of hydrogen-bond donors (Lipinski definition) is 2. The van der Waals surface area contributed by atoms with Gasteiger partial charge in [0.2, 0.25) is 0 Å². The Morgan fingerprint density at radius 3 is 2.39 bits per heavy atom. The number of hydrogen-bond acceptors (Lipinski definition) is 3. The zero-order valence-electron chi connectivity index (χ0n) is 16.1. The fourth-order valence-electron chi connectivity index (χ4n) is 3.40. The van der Waals surface area contributed by atoms with Gasteiger partial charge < -0.3 is 15.3 Å². The SMILES string of the molecule is O=C(Nc1ccc(C(F)(F)F)c(F)c1)N1CCC(F)(c2ncc(CCO)cc2F)CC1. The Hall–Kier alpha value is -2.82. The number of carbonyl (C=O) groups excluding carboxylic acids is 1. The van der Waals surface area contributed by atoms with Gasteiger partial charge in [-0.25, -0.2) is 18.0 Å². The second-order valence-electron chi connectivity index (χ2n) is 7.22. The van der Waals surface area contributed by atoms with E-state index in [2.05, 4.69) is 10.3 Å². The maximum absolute atomic E-state index is 15.3. The second-order valence-corrected chi connectivity index (χ2v) is 7.22. The zero-order chi connectivity index (χ0) is 22.8. The highest BCUT2D eigenvalue weighted by atomic mass is 19.4. The van der Waals surface area contributed by atoms with Crippen molar-refractivity contribution in [3.63, 3.8) is 0 Å². The van der Waals surface area contributed by atoms with Crippen LogP contribution in [-0.2, 0) is 18.3 Å². The molecule has 3 rings (SSSR count). The molecule has 0 spiro atoms. The van der Waals surface area contributed by atoms with Crippen molar-refractivity contribution < 1.29 is 36.2 Å². The summed E-state index contributed by atoms with van der Waals surface area (Å²) in [4.78, 5) is 17.4. The van der Waals surface area contributed by atoms with Crippen molar-refractivity contribution in [1.82, 2.24) is 9.88 Å². The Morgan fingerprint density at radius 1 is 1.16 bits per heavy atom. The van der Waals surface area contributed by atoms with E-state index >= 15 is 4.39 Å². The molecular formula is C20H19F6N3O2. The first kappa shape index (κ1) is 22.9. The number of piperidine rings is 1. The maximum atomic E-state index is 15.3. The molecule has 0 aliphatic carbocycles. The number of anilines is 1. The van der Waals surface area contributed by atoms with Gasteiger partial charge in [0, 0.05) is 44.4 Å². The zero-order valence-corrected chi connectivity index (χ0v) is 16.1. The van der Waals surface area contributed by atoms with Crippen LogP contribution in [0.1, 0.15) is 29.7 Å². The summed E-state index contributed by atoms with van der Waals surface area (Å²) in [5.41, 5.74) is -3.68. The van der Waals surface area contributed by atoms with Crippen LogP contribution in [0, 0.1) is 11.6 Å². The molecule has 1 fully saturated rings. The number of nitrogens with one attached hydrogen (secondary N) is 1. The normalized spacial score (nSPS) is 16.3. The highest BCUT2D eigenvalue weighted by Gasteiger charge is 2.41. The molecule has 11 heteroatoms. The topological polar surface area (TPSA) is 65.5 Å². The number of rotatable bonds is 4. The molecule has 1 aromatic carbocycles. The van der Waals surface area contributed by atoms with Gasteiger partial charge in [0.25, 0.3) is 0 Å². The highest BCUT2D eigenvalue weighted by Crippen LogP contribution is 2.37. The Bertz CT molecular complexity index is 958. The molecule has 0 radical (unpaired) electrons. The van der Waals surface area contributed by atoms with E-state index in [-0.39, 0.29) is 50.3 Å². The summed E-state index contributed by atoms with van der Waals surface area (Å²) >= 11 is 0. The second kappa shape index (κ2) is 8.74. The molecule has 0 bridgehead atoms. The lowest BCUT2D eigenvalue weighted by atomic mass is 9.89. The van der Waals surface area contributed by atoms with Crippen LogP contribution in [0.2, 0.25) is 0 Å². The van der Waals surface area contributed by atoms with Gasteiger partial charge in [-0.1, -0.05) is 0 Å². The minimum absolute atomic E-state index is 0.106. The molecule has 0 saturated carbocycles. The minimum atomic E-state index is -4.86. The lowest BCUT2D eigenvalue weighted by Gasteiger charge is -2.36. The maximum Gasteiger partial charge on any atom is 0.419 e. The number of aromatic nitrogens is 1. The van der Waals surface area contributed by atoms with Crippen molar-refractivity contribution in [2.75, 3.05) is 25.0 Å². The monoisotopic (exact) mass is 447 g/mol. The number of nitrogens with zero attached hydrogens (tertiary/aromatic N) is 2. The Morgan fingerprint density at radius 2 is 1.84 bits per heavy atom. The highest BCUT2D eigenvalue weighted by molar-refractivity contribution is 5.89. The van der Waals surface area contributed by atoms with E-state index in [9.17, 15) is 26.7 Å². The summed E-state index contributed by atoms with van der Waals surface area (Å²) in [6, 6.07) is 2.35. The van der Waals surface area contributed by atoms with Crippen molar-refractivity contribution in [3.05, 3.63) is 58.9 Å². The van der Waals surface area contributed by atoms with Gasteiger partial charge in [-0.2, -0.15) is 13.2 Å². The average molecular weight is 447 g/mol. The quantitative estimate of drug-likeness (QED) is 0.683. The summed E-state index contributed by atoms with van der Waals surface area (Å²) in [6.45, 7) is -0.413. The molecule has 1 aliphatic rings. The van der Waals surface area contributed by atoms with E-state index in [0.29, 0.717) is 17.7 Å². The van der Waals surface area contributed by atoms with Gasteiger partial charge in [0.1, 0.15) is 17.3 Å². The molecule has 2 heterocycles. The first-order valence-corrected chi connectivity index (χ1v) is 9.41. The third-order valence-electron chi connectivity index (χ3n) is 5.09. The van der Waals surface area contributed by atoms with E-state index in [0.717, 1.165) is 12.1 Å². The lowest BCUT2D eigenvalue weighted by molar-refractivity contribution is -0.139. The standard InChI is InChI=1S/C20H19F6N3O2/c21-15-10-13(1-2-14(15)20(24,25)26)28-18(31)29-6-4-19(23,5-7-29)17-16(22)9-12(3-8-30)11-27-17/h1-2,9-11,30H,3-8H2,(H,28,31). The van der Waals surface area contributed by atoms with Crippen LogP contribution >= 0.6 is 0 Å². The number of carbonyl (C=O) groups is 1. The molecule has 1 aromatic heterocycles. The van der Waals surface area contributed by atoms with E-state index in [1.165, 1.54) is 11.1 Å². The van der Waals surface area contributed by atoms with Gasteiger partial charge in [0.05, 0.1) is 5.56 Å². The van der Waals surface area contributed by atoms with E-state index in [4.69, 9.17) is 5.11 Å². The predicted molar refractivity (Wildman–Crippen MR) is 99.0 cm³/mol. The number of pyridine rings is 1. The van der Waals surface area contributed by atoms with E-state index in [1.54, 1.807) is 0 Å². The summed E-state index contributed by atoms with van der Waals surface area (Å²) in [7, 11) is 0. The van der Waals surface area contributed by atoms with Crippen LogP contribution in [0.25, 0.3) is 0 Å². The summed E-state index contributed by atoms with van der Waals surface area (Å²) in [6.07, 6.45) is -3.88. The largest absolute Gasteiger partial charge is 0.419 e. The van der Waals surface area contributed by atoms with Crippen LogP contribution in [0.15, 0.2) is 30.5 Å². The van der Waals surface area contributed by atoms with Gasteiger partial charge in [-0.05, 0) is 36.2 Å². The molecule has 168 valence electrons. The predicted octanol–water partition coefficient (Wildman–Crippen LogP) is 4.41. The first-order chi connectivity index (χ1) is 14.5. The summed E-state index contributed by atoms with van der Waals surface area (Å²) in [5, 5.41) is 11.2. The van der Waals surface area contributed by atoms with Crippen molar-refractivity contribution in [1.29, 1.82) is 0 Å². The van der Waals surface area contributed by atoms with Crippen LogP contribution < -0.4 is 5.32 Å². The van der Waals surface area contributed by atoms with Gasteiger partial charge in [-0.15, -0.1) is 0 Å². The molecule has 2 N–H and O–H groups in total. The van der Waals surface area contributed by atoms with Crippen LogP contribution in [0.3, 0.4) is 0 Å². The fourth-order valence-corrected chi connectivity index (χ4v) is 3.40. The van der Waals surface area contributed by atoms with E-state index in [1.807, 2.05) is 0 Å². The van der Waals surface area contributed by atoms with Crippen molar-refractivity contribution in [2.45, 2.75) is 31.1 Å². The van der Waals surface area contributed by atoms with Gasteiger partial charge in [-0.3, -0.25) is 4.98 Å².